The number of benzene rings is 1. The summed E-state index contributed by atoms with van der Waals surface area (Å²) in [5.41, 5.74) is 1.24. The minimum Gasteiger partial charge on any atom is -0.491 e. The first-order chi connectivity index (χ1) is 11.7. The van der Waals surface area contributed by atoms with Crippen molar-refractivity contribution >= 4 is 16.0 Å². The van der Waals surface area contributed by atoms with Crippen LogP contribution in [0.2, 0.25) is 0 Å². The van der Waals surface area contributed by atoms with Crippen LogP contribution < -0.4 is 14.4 Å². The van der Waals surface area contributed by atoms with E-state index in [9.17, 15) is 12.8 Å². The normalized spacial score (nSPS) is 11.4. The largest absolute Gasteiger partial charge is 0.491 e. The van der Waals surface area contributed by atoms with E-state index in [4.69, 9.17) is 4.74 Å². The predicted octanol–water partition coefficient (Wildman–Crippen LogP) is 1.87. The smallest absolute Gasteiger partial charge is 0.241 e. The molecule has 0 unspecified atom stereocenters. The number of ether oxygens (including phenoxy) is 1. The Balaban J connectivity index is 2.18. The molecule has 0 aliphatic rings. The van der Waals surface area contributed by atoms with Crippen LogP contribution in [0, 0.1) is 12.7 Å². The molecular weight excluding hydrogens is 347 g/mol. The molecule has 0 aliphatic carbocycles. The first kappa shape index (κ1) is 19.1. The lowest BCUT2D eigenvalue weighted by Gasteiger charge is -2.13. The molecule has 1 N–H and O–H groups in total. The molecule has 2 aromatic rings. The maximum absolute atomic E-state index is 13.9. The molecule has 0 atom stereocenters. The Hall–Kier alpha value is -2.26. The summed E-state index contributed by atoms with van der Waals surface area (Å²) in [5.74, 6) is -0.220. The number of anilines is 1. The van der Waals surface area contributed by atoms with E-state index in [0.717, 1.165) is 11.8 Å². The van der Waals surface area contributed by atoms with Crippen molar-refractivity contribution in [3.8, 4) is 5.75 Å². The molecule has 0 fully saturated rings. The molecule has 0 radical (unpaired) electrons. The number of aromatic nitrogens is 2. The Kier molecular flexibility index (Phi) is 5.91. The highest BCUT2D eigenvalue weighted by molar-refractivity contribution is 7.89. The molecule has 0 saturated carbocycles. The Labute approximate surface area is 146 Å². The third-order valence-electron chi connectivity index (χ3n) is 3.25. The molecular formula is C16H21FN4O3S. The van der Waals surface area contributed by atoms with Crippen molar-refractivity contribution in [3.63, 3.8) is 0 Å². The van der Waals surface area contributed by atoms with Crippen molar-refractivity contribution < 1.29 is 17.5 Å². The van der Waals surface area contributed by atoms with Gasteiger partial charge in [0.2, 0.25) is 16.0 Å². The van der Waals surface area contributed by atoms with Crippen LogP contribution in [-0.2, 0) is 16.6 Å². The SMILES string of the molecule is CCOc1ccc(S(=O)(=O)NCc2cc(C)nc(N(C)C)n2)cc1F. The van der Waals surface area contributed by atoms with Crippen LogP contribution >= 0.6 is 0 Å². The first-order valence-corrected chi connectivity index (χ1v) is 9.15. The summed E-state index contributed by atoms with van der Waals surface area (Å²) in [7, 11) is -0.284. The molecule has 1 heterocycles. The number of aryl methyl sites for hydroxylation is 1. The van der Waals surface area contributed by atoms with Crippen LogP contribution in [0.4, 0.5) is 10.3 Å². The van der Waals surface area contributed by atoms with E-state index in [-0.39, 0.29) is 17.2 Å². The Morgan fingerprint density at radius 3 is 2.56 bits per heavy atom. The van der Waals surface area contributed by atoms with E-state index in [1.54, 1.807) is 38.9 Å². The van der Waals surface area contributed by atoms with Gasteiger partial charge in [-0.25, -0.2) is 27.5 Å². The number of hydrogen-bond donors (Lipinski definition) is 1. The second kappa shape index (κ2) is 7.75. The van der Waals surface area contributed by atoms with Crippen molar-refractivity contribution in [2.24, 2.45) is 0 Å². The van der Waals surface area contributed by atoms with Crippen LogP contribution in [0.25, 0.3) is 0 Å². The zero-order chi connectivity index (χ0) is 18.6. The van der Waals surface area contributed by atoms with Gasteiger partial charge in [-0.05, 0) is 38.1 Å². The van der Waals surface area contributed by atoms with Crippen molar-refractivity contribution in [2.75, 3.05) is 25.6 Å². The lowest BCUT2D eigenvalue weighted by Crippen LogP contribution is -2.24. The van der Waals surface area contributed by atoms with E-state index in [1.165, 1.54) is 12.1 Å². The lowest BCUT2D eigenvalue weighted by atomic mass is 10.3. The fourth-order valence-electron chi connectivity index (χ4n) is 2.08. The molecule has 25 heavy (non-hydrogen) atoms. The summed E-state index contributed by atoms with van der Waals surface area (Å²) in [4.78, 5) is 10.1. The Morgan fingerprint density at radius 1 is 1.24 bits per heavy atom. The molecule has 7 nitrogen and oxygen atoms in total. The van der Waals surface area contributed by atoms with Crippen LogP contribution in [-0.4, -0.2) is 39.1 Å². The van der Waals surface area contributed by atoms with Gasteiger partial charge in [0.1, 0.15) is 0 Å². The predicted molar refractivity (Wildman–Crippen MR) is 92.7 cm³/mol. The highest BCUT2D eigenvalue weighted by atomic mass is 32.2. The minimum absolute atomic E-state index is 0.0171. The zero-order valence-corrected chi connectivity index (χ0v) is 15.4. The average molecular weight is 368 g/mol. The van der Waals surface area contributed by atoms with Crippen molar-refractivity contribution in [1.82, 2.24) is 14.7 Å². The van der Waals surface area contributed by atoms with Crippen molar-refractivity contribution in [2.45, 2.75) is 25.3 Å². The van der Waals surface area contributed by atoms with Crippen molar-refractivity contribution in [1.29, 1.82) is 0 Å². The molecule has 1 aromatic carbocycles. The van der Waals surface area contributed by atoms with Gasteiger partial charge in [0.25, 0.3) is 0 Å². The summed E-state index contributed by atoms with van der Waals surface area (Å²) >= 11 is 0. The first-order valence-electron chi connectivity index (χ1n) is 7.67. The van der Waals surface area contributed by atoms with Gasteiger partial charge in [-0.15, -0.1) is 0 Å². The van der Waals surface area contributed by atoms with E-state index >= 15 is 0 Å². The maximum Gasteiger partial charge on any atom is 0.241 e. The van der Waals surface area contributed by atoms with E-state index in [1.807, 2.05) is 0 Å². The quantitative estimate of drug-likeness (QED) is 0.803. The Morgan fingerprint density at radius 2 is 1.96 bits per heavy atom. The second-order valence-corrected chi connectivity index (χ2v) is 7.31. The zero-order valence-electron chi connectivity index (χ0n) is 14.6. The molecule has 0 bridgehead atoms. The molecule has 136 valence electrons. The number of rotatable bonds is 7. The van der Waals surface area contributed by atoms with Crippen LogP contribution in [0.15, 0.2) is 29.2 Å². The maximum atomic E-state index is 13.9. The van der Waals surface area contributed by atoms with Gasteiger partial charge >= 0.3 is 0 Å². The molecule has 1 aromatic heterocycles. The van der Waals surface area contributed by atoms with Gasteiger partial charge in [0, 0.05) is 19.8 Å². The topological polar surface area (TPSA) is 84.4 Å². The van der Waals surface area contributed by atoms with Gasteiger partial charge in [0.15, 0.2) is 11.6 Å². The molecule has 0 saturated heterocycles. The summed E-state index contributed by atoms with van der Waals surface area (Å²) in [6, 6.07) is 5.22. The van der Waals surface area contributed by atoms with Crippen LogP contribution in [0.5, 0.6) is 5.75 Å². The number of sulfonamides is 1. The van der Waals surface area contributed by atoms with E-state index < -0.39 is 15.8 Å². The lowest BCUT2D eigenvalue weighted by molar-refractivity contribution is 0.321. The summed E-state index contributed by atoms with van der Waals surface area (Å²) in [6.07, 6.45) is 0. The minimum atomic E-state index is -3.88. The Bertz CT molecular complexity index is 856. The number of nitrogens with zero attached hydrogens (tertiary/aromatic N) is 3. The monoisotopic (exact) mass is 368 g/mol. The van der Waals surface area contributed by atoms with Gasteiger partial charge in [-0.2, -0.15) is 0 Å². The van der Waals surface area contributed by atoms with Crippen molar-refractivity contribution in [3.05, 3.63) is 41.5 Å². The molecule has 2 rings (SSSR count). The third-order valence-corrected chi connectivity index (χ3v) is 4.65. The van der Waals surface area contributed by atoms with E-state index in [0.29, 0.717) is 18.2 Å². The van der Waals surface area contributed by atoms with Gasteiger partial charge in [-0.3, -0.25) is 0 Å². The van der Waals surface area contributed by atoms with Crippen LogP contribution in [0.1, 0.15) is 18.3 Å². The standard InChI is InChI=1S/C16H21FN4O3S/c1-5-24-15-7-6-13(9-14(15)17)25(22,23)18-10-12-8-11(2)19-16(20-12)21(3)4/h6-9,18H,5,10H2,1-4H3. The highest BCUT2D eigenvalue weighted by Crippen LogP contribution is 2.21. The fourth-order valence-corrected chi connectivity index (χ4v) is 3.09. The summed E-state index contributed by atoms with van der Waals surface area (Å²) in [6.45, 7) is 3.79. The average Bonchev–Trinajstić information content (AvgIpc) is 2.54. The fraction of sp³-hybridized carbons (Fsp3) is 0.375. The van der Waals surface area contributed by atoms with E-state index in [2.05, 4.69) is 14.7 Å². The highest BCUT2D eigenvalue weighted by Gasteiger charge is 2.17. The number of hydrogen-bond acceptors (Lipinski definition) is 6. The van der Waals surface area contributed by atoms with Crippen LogP contribution in [0.3, 0.4) is 0 Å². The van der Waals surface area contributed by atoms with Gasteiger partial charge in [-0.1, -0.05) is 0 Å². The number of nitrogens with one attached hydrogen (secondary N) is 1. The summed E-state index contributed by atoms with van der Waals surface area (Å²) in [5, 5.41) is 0. The van der Waals surface area contributed by atoms with Gasteiger partial charge < -0.3 is 9.64 Å². The number of halogens is 1. The second-order valence-electron chi connectivity index (χ2n) is 5.54. The van der Waals surface area contributed by atoms with Gasteiger partial charge in [0.05, 0.1) is 23.7 Å². The molecule has 0 aliphatic heterocycles. The molecule has 0 spiro atoms. The summed E-state index contributed by atoms with van der Waals surface area (Å²) < 4.78 is 46.1. The third kappa shape index (κ3) is 4.86. The molecule has 0 amide bonds. The molecule has 9 heteroatoms.